The van der Waals surface area contributed by atoms with Gasteiger partial charge in [0.1, 0.15) is 11.7 Å². The van der Waals surface area contributed by atoms with E-state index in [-0.39, 0.29) is 24.6 Å². The molecule has 0 unspecified atom stereocenters. The molecule has 1 fully saturated rings. The van der Waals surface area contributed by atoms with Crippen LogP contribution in [-0.4, -0.2) is 29.9 Å². The second-order valence-electron chi connectivity index (χ2n) is 7.06. The first-order valence-electron chi connectivity index (χ1n) is 8.28. The summed E-state index contributed by atoms with van der Waals surface area (Å²) in [5.41, 5.74) is 0.560. The van der Waals surface area contributed by atoms with Crippen molar-refractivity contribution in [3.63, 3.8) is 0 Å². The van der Waals surface area contributed by atoms with Crippen molar-refractivity contribution in [2.45, 2.75) is 70.6 Å². The minimum Gasteiger partial charge on any atom is -0.460 e. The predicted octanol–water partition coefficient (Wildman–Crippen LogP) is 3.37. The summed E-state index contributed by atoms with van der Waals surface area (Å²) >= 11 is 0. The Balaban J connectivity index is 1.88. The van der Waals surface area contributed by atoms with Gasteiger partial charge in [-0.05, 0) is 26.3 Å². The van der Waals surface area contributed by atoms with E-state index in [1.54, 1.807) is 0 Å². The van der Waals surface area contributed by atoms with Crippen LogP contribution in [0.1, 0.15) is 45.6 Å². The maximum atomic E-state index is 12.0. The average molecular weight is 331 g/mol. The van der Waals surface area contributed by atoms with E-state index in [4.69, 9.17) is 14.2 Å². The van der Waals surface area contributed by atoms with E-state index in [9.17, 15) is 10.1 Å². The van der Waals surface area contributed by atoms with Gasteiger partial charge in [0.25, 0.3) is 0 Å². The summed E-state index contributed by atoms with van der Waals surface area (Å²) in [5, 5.41) is 9.19. The van der Waals surface area contributed by atoms with Crippen LogP contribution < -0.4 is 0 Å². The zero-order chi connectivity index (χ0) is 17.6. The van der Waals surface area contributed by atoms with Crippen molar-refractivity contribution in [3.8, 4) is 6.07 Å². The Kier molecular flexibility index (Phi) is 6.36. The van der Waals surface area contributed by atoms with Crippen molar-refractivity contribution < 1.29 is 19.0 Å². The molecule has 5 heteroatoms. The second-order valence-corrected chi connectivity index (χ2v) is 7.06. The highest BCUT2D eigenvalue weighted by Crippen LogP contribution is 2.25. The third kappa shape index (κ3) is 6.31. The summed E-state index contributed by atoms with van der Waals surface area (Å²) in [6.45, 7) is 5.98. The summed E-state index contributed by atoms with van der Waals surface area (Å²) < 4.78 is 16.9. The number of ether oxygens (including phenoxy) is 3. The number of carbonyl (C=O) groups is 1. The Hall–Kier alpha value is -1.90. The molecule has 1 aliphatic heterocycles. The van der Waals surface area contributed by atoms with Gasteiger partial charge >= 0.3 is 5.97 Å². The fourth-order valence-corrected chi connectivity index (χ4v) is 2.68. The third-order valence-corrected chi connectivity index (χ3v) is 3.65. The number of hydrogen-bond donors (Lipinski definition) is 0. The summed E-state index contributed by atoms with van der Waals surface area (Å²) in [7, 11) is 0. The number of benzene rings is 1. The van der Waals surface area contributed by atoms with E-state index < -0.39 is 11.7 Å². The Labute approximate surface area is 143 Å². The first kappa shape index (κ1) is 18.4. The summed E-state index contributed by atoms with van der Waals surface area (Å²) in [6, 6.07) is 12.0. The Morgan fingerprint density at radius 1 is 1.29 bits per heavy atom. The SMILES string of the molecule is CC(C)(C)OC(=O)C[C@@H]1C[C@H](OCc2ccccc2)C[C@@H](C#N)O1. The van der Waals surface area contributed by atoms with Crippen LogP contribution in [0.5, 0.6) is 0 Å². The van der Waals surface area contributed by atoms with Crippen molar-refractivity contribution in [2.24, 2.45) is 0 Å². The van der Waals surface area contributed by atoms with Crippen molar-refractivity contribution in [2.75, 3.05) is 0 Å². The molecule has 1 heterocycles. The van der Waals surface area contributed by atoms with E-state index in [2.05, 4.69) is 6.07 Å². The molecule has 0 N–H and O–H groups in total. The number of hydrogen-bond acceptors (Lipinski definition) is 5. The first-order valence-corrected chi connectivity index (χ1v) is 8.28. The van der Waals surface area contributed by atoms with Crippen LogP contribution in [0.15, 0.2) is 30.3 Å². The van der Waals surface area contributed by atoms with Gasteiger partial charge in [-0.3, -0.25) is 4.79 Å². The molecule has 2 rings (SSSR count). The quantitative estimate of drug-likeness (QED) is 0.774. The molecule has 0 saturated carbocycles. The Bertz CT molecular complexity index is 573. The molecule has 0 bridgehead atoms. The van der Waals surface area contributed by atoms with E-state index >= 15 is 0 Å². The molecule has 0 radical (unpaired) electrons. The smallest absolute Gasteiger partial charge is 0.308 e. The van der Waals surface area contributed by atoms with Gasteiger partial charge in [-0.25, -0.2) is 0 Å². The van der Waals surface area contributed by atoms with E-state index in [1.807, 2.05) is 51.1 Å². The first-order chi connectivity index (χ1) is 11.4. The van der Waals surface area contributed by atoms with Crippen LogP contribution in [0, 0.1) is 11.3 Å². The number of esters is 1. The highest BCUT2D eigenvalue weighted by Gasteiger charge is 2.32. The summed E-state index contributed by atoms with van der Waals surface area (Å²) in [5.74, 6) is -0.312. The lowest BCUT2D eigenvalue weighted by Crippen LogP contribution is -2.38. The summed E-state index contributed by atoms with van der Waals surface area (Å²) in [4.78, 5) is 12.0. The van der Waals surface area contributed by atoms with Gasteiger partial charge in [-0.15, -0.1) is 0 Å². The fraction of sp³-hybridized carbons (Fsp3) is 0.579. The van der Waals surface area contributed by atoms with Crippen molar-refractivity contribution >= 4 is 5.97 Å². The highest BCUT2D eigenvalue weighted by molar-refractivity contribution is 5.70. The van der Waals surface area contributed by atoms with Crippen LogP contribution >= 0.6 is 0 Å². The van der Waals surface area contributed by atoms with E-state index in [0.29, 0.717) is 19.4 Å². The topological polar surface area (TPSA) is 68.5 Å². The zero-order valence-electron chi connectivity index (χ0n) is 14.5. The van der Waals surface area contributed by atoms with Gasteiger partial charge in [0.2, 0.25) is 0 Å². The van der Waals surface area contributed by atoms with Gasteiger partial charge in [0.05, 0.1) is 31.3 Å². The molecule has 1 aromatic rings. The maximum Gasteiger partial charge on any atom is 0.308 e. The zero-order valence-corrected chi connectivity index (χ0v) is 14.5. The van der Waals surface area contributed by atoms with Crippen molar-refractivity contribution in [1.82, 2.24) is 0 Å². The lowest BCUT2D eigenvalue weighted by Gasteiger charge is -2.32. The molecule has 24 heavy (non-hydrogen) atoms. The summed E-state index contributed by atoms with van der Waals surface area (Å²) in [6.07, 6.45) is 0.251. The molecule has 130 valence electrons. The van der Waals surface area contributed by atoms with Crippen LogP contribution in [0.3, 0.4) is 0 Å². The van der Waals surface area contributed by atoms with Gasteiger partial charge in [-0.2, -0.15) is 5.26 Å². The molecule has 1 aromatic carbocycles. The molecule has 3 atom stereocenters. The lowest BCUT2D eigenvalue weighted by atomic mass is 9.99. The Morgan fingerprint density at radius 3 is 2.62 bits per heavy atom. The van der Waals surface area contributed by atoms with Gasteiger partial charge < -0.3 is 14.2 Å². The number of nitrogens with zero attached hydrogens (tertiary/aromatic N) is 1. The van der Waals surface area contributed by atoms with Crippen LogP contribution in [0.25, 0.3) is 0 Å². The molecular formula is C19H25NO4. The van der Waals surface area contributed by atoms with Crippen molar-refractivity contribution in [3.05, 3.63) is 35.9 Å². The molecule has 0 spiro atoms. The van der Waals surface area contributed by atoms with Crippen molar-refractivity contribution in [1.29, 1.82) is 5.26 Å². The molecule has 1 saturated heterocycles. The highest BCUT2D eigenvalue weighted by atomic mass is 16.6. The molecule has 5 nitrogen and oxygen atoms in total. The van der Waals surface area contributed by atoms with Crippen LogP contribution in [0.2, 0.25) is 0 Å². The fourth-order valence-electron chi connectivity index (χ4n) is 2.68. The molecule has 0 amide bonds. The standard InChI is InChI=1S/C19H25NO4/c1-19(2,3)24-18(21)11-16-9-15(10-17(12-20)23-16)22-13-14-7-5-4-6-8-14/h4-8,15-17H,9-11,13H2,1-3H3/t15-,16-,17-/m0/s1. The number of carbonyl (C=O) groups excluding carboxylic acids is 1. The van der Waals surface area contributed by atoms with E-state index in [1.165, 1.54) is 0 Å². The monoisotopic (exact) mass is 331 g/mol. The number of nitriles is 1. The third-order valence-electron chi connectivity index (χ3n) is 3.65. The van der Waals surface area contributed by atoms with E-state index in [0.717, 1.165) is 5.56 Å². The largest absolute Gasteiger partial charge is 0.460 e. The predicted molar refractivity (Wildman–Crippen MR) is 89.0 cm³/mol. The van der Waals surface area contributed by atoms with Crippen LogP contribution in [-0.2, 0) is 25.6 Å². The van der Waals surface area contributed by atoms with Gasteiger partial charge in [-0.1, -0.05) is 30.3 Å². The average Bonchev–Trinajstić information content (AvgIpc) is 2.51. The molecule has 0 aromatic heterocycles. The lowest BCUT2D eigenvalue weighted by molar-refractivity contribution is -0.162. The molecule has 0 aliphatic carbocycles. The van der Waals surface area contributed by atoms with Gasteiger partial charge in [0.15, 0.2) is 0 Å². The maximum absolute atomic E-state index is 12.0. The van der Waals surface area contributed by atoms with Gasteiger partial charge in [0, 0.05) is 12.8 Å². The Morgan fingerprint density at radius 2 is 2.00 bits per heavy atom. The van der Waals surface area contributed by atoms with Crippen LogP contribution in [0.4, 0.5) is 0 Å². The minimum absolute atomic E-state index is 0.101. The molecule has 1 aliphatic rings. The second kappa shape index (κ2) is 8.27. The minimum atomic E-state index is -0.549. The normalized spacial score (nSPS) is 24.2. The molecular weight excluding hydrogens is 306 g/mol. The number of rotatable bonds is 5.